The average Bonchev–Trinajstić information content (AvgIpc) is 2.21. The summed E-state index contributed by atoms with van der Waals surface area (Å²) in [5, 5.41) is 0. The molecule has 80 valence electrons. The van der Waals surface area contributed by atoms with Gasteiger partial charge in [-0.05, 0) is 49.3 Å². The van der Waals surface area contributed by atoms with Crippen LogP contribution >= 0.6 is 15.9 Å². The highest BCUT2D eigenvalue weighted by Gasteiger charge is 2.02. The van der Waals surface area contributed by atoms with Gasteiger partial charge in [-0.3, -0.25) is 4.79 Å². The van der Waals surface area contributed by atoms with Gasteiger partial charge in [0.1, 0.15) is 5.75 Å². The van der Waals surface area contributed by atoms with Gasteiger partial charge in [0.05, 0.1) is 7.11 Å². The number of rotatable bonds is 3. The lowest BCUT2D eigenvalue weighted by Gasteiger charge is -2.04. The van der Waals surface area contributed by atoms with Crippen molar-refractivity contribution in [1.29, 1.82) is 0 Å². The normalized spacial score (nSPS) is 11.3. The van der Waals surface area contributed by atoms with Crippen molar-refractivity contribution in [3.8, 4) is 5.75 Å². The molecule has 0 aliphatic heterocycles. The zero-order valence-electron chi connectivity index (χ0n) is 9.00. The molecule has 3 heteroatoms. The molecule has 0 saturated heterocycles. The van der Waals surface area contributed by atoms with Crippen LogP contribution in [0.25, 0.3) is 6.08 Å². The highest BCUT2D eigenvalue weighted by molar-refractivity contribution is 9.10. The SMILES string of the molecule is COc1ccc(Br)c(/C=C(/C)C(C)=O)c1. The van der Waals surface area contributed by atoms with E-state index in [9.17, 15) is 4.79 Å². The van der Waals surface area contributed by atoms with Gasteiger partial charge in [-0.15, -0.1) is 0 Å². The van der Waals surface area contributed by atoms with Crippen LogP contribution in [0.3, 0.4) is 0 Å². The molecule has 0 atom stereocenters. The zero-order valence-corrected chi connectivity index (χ0v) is 10.6. The fourth-order valence-electron chi connectivity index (χ4n) is 1.09. The zero-order chi connectivity index (χ0) is 11.4. The number of carbonyl (C=O) groups excluding carboxylic acids is 1. The number of Topliss-reactive ketones (excluding diaryl/α,β-unsaturated/α-hetero) is 1. The standard InChI is InChI=1S/C12H13BrO2/c1-8(9(2)14)6-10-7-11(15-3)4-5-12(10)13/h4-7H,1-3H3/b8-6-. The van der Waals surface area contributed by atoms with Crippen LogP contribution in [-0.2, 0) is 4.79 Å². The lowest BCUT2D eigenvalue weighted by atomic mass is 10.1. The topological polar surface area (TPSA) is 26.3 Å². The maximum Gasteiger partial charge on any atom is 0.155 e. The van der Waals surface area contributed by atoms with Gasteiger partial charge in [0.15, 0.2) is 5.78 Å². The van der Waals surface area contributed by atoms with Gasteiger partial charge < -0.3 is 4.74 Å². The number of benzene rings is 1. The molecule has 0 N–H and O–H groups in total. The number of carbonyl (C=O) groups is 1. The van der Waals surface area contributed by atoms with Crippen molar-refractivity contribution in [3.05, 3.63) is 33.8 Å². The summed E-state index contributed by atoms with van der Waals surface area (Å²) in [6, 6.07) is 5.65. The molecule has 0 radical (unpaired) electrons. The molecule has 15 heavy (non-hydrogen) atoms. The van der Waals surface area contributed by atoms with E-state index in [0.717, 1.165) is 21.4 Å². The van der Waals surface area contributed by atoms with Crippen LogP contribution in [0, 0.1) is 0 Å². The monoisotopic (exact) mass is 268 g/mol. The number of halogens is 1. The average molecular weight is 269 g/mol. The minimum Gasteiger partial charge on any atom is -0.497 e. The molecule has 0 saturated carbocycles. The first-order chi connectivity index (χ1) is 7.04. The van der Waals surface area contributed by atoms with E-state index in [1.54, 1.807) is 21.0 Å². The Morgan fingerprint density at radius 2 is 2.07 bits per heavy atom. The smallest absolute Gasteiger partial charge is 0.155 e. The lowest BCUT2D eigenvalue weighted by Crippen LogP contribution is -1.91. The van der Waals surface area contributed by atoms with E-state index >= 15 is 0 Å². The molecule has 0 spiro atoms. The van der Waals surface area contributed by atoms with Crippen molar-refractivity contribution in [2.45, 2.75) is 13.8 Å². The van der Waals surface area contributed by atoms with Crippen molar-refractivity contribution >= 4 is 27.8 Å². The first-order valence-corrected chi connectivity index (χ1v) is 5.36. The Balaban J connectivity index is 3.13. The van der Waals surface area contributed by atoms with Crippen LogP contribution < -0.4 is 4.74 Å². The summed E-state index contributed by atoms with van der Waals surface area (Å²) < 4.78 is 6.06. The second-order valence-corrected chi connectivity index (χ2v) is 4.13. The molecule has 0 fully saturated rings. The molecule has 2 nitrogen and oxygen atoms in total. The molecule has 0 bridgehead atoms. The number of hydrogen-bond donors (Lipinski definition) is 0. The summed E-state index contributed by atoms with van der Waals surface area (Å²) in [6.07, 6.45) is 1.84. The third-order valence-electron chi connectivity index (χ3n) is 2.13. The Hall–Kier alpha value is -1.09. The quantitative estimate of drug-likeness (QED) is 0.785. The number of ether oxygens (including phenoxy) is 1. The largest absolute Gasteiger partial charge is 0.497 e. The molecule has 0 amide bonds. The van der Waals surface area contributed by atoms with Crippen molar-refractivity contribution in [2.75, 3.05) is 7.11 Å². The fraction of sp³-hybridized carbons (Fsp3) is 0.250. The second kappa shape index (κ2) is 5.12. The Kier molecular flexibility index (Phi) is 4.09. The molecule has 1 rings (SSSR count). The molecular weight excluding hydrogens is 256 g/mol. The van der Waals surface area contributed by atoms with Gasteiger partial charge in [-0.2, -0.15) is 0 Å². The molecule has 0 aliphatic carbocycles. The Bertz CT molecular complexity index is 408. The number of allylic oxidation sites excluding steroid dienone is 1. The summed E-state index contributed by atoms with van der Waals surface area (Å²) in [5.74, 6) is 0.852. The van der Waals surface area contributed by atoms with E-state index in [-0.39, 0.29) is 5.78 Å². The van der Waals surface area contributed by atoms with Crippen molar-refractivity contribution in [2.24, 2.45) is 0 Å². The van der Waals surface area contributed by atoms with Gasteiger partial charge in [-0.1, -0.05) is 15.9 Å². The summed E-state index contributed by atoms with van der Waals surface area (Å²) in [7, 11) is 1.62. The van der Waals surface area contributed by atoms with Crippen LogP contribution in [0.2, 0.25) is 0 Å². The summed E-state index contributed by atoms with van der Waals surface area (Å²) in [4.78, 5) is 11.1. The fourth-order valence-corrected chi connectivity index (χ4v) is 1.46. The van der Waals surface area contributed by atoms with Crippen LogP contribution in [0.4, 0.5) is 0 Å². The highest BCUT2D eigenvalue weighted by atomic mass is 79.9. The van der Waals surface area contributed by atoms with E-state index < -0.39 is 0 Å². The number of hydrogen-bond acceptors (Lipinski definition) is 2. The number of methoxy groups -OCH3 is 1. The lowest BCUT2D eigenvalue weighted by molar-refractivity contribution is -0.113. The van der Waals surface area contributed by atoms with Gasteiger partial charge in [0.2, 0.25) is 0 Å². The van der Waals surface area contributed by atoms with E-state index in [1.807, 2.05) is 24.3 Å². The van der Waals surface area contributed by atoms with Crippen molar-refractivity contribution in [3.63, 3.8) is 0 Å². The van der Waals surface area contributed by atoms with Crippen LogP contribution in [0.15, 0.2) is 28.2 Å². The predicted molar refractivity (Wildman–Crippen MR) is 65.0 cm³/mol. The maximum atomic E-state index is 11.1. The number of ketones is 1. The van der Waals surface area contributed by atoms with E-state index in [1.165, 1.54) is 0 Å². The van der Waals surface area contributed by atoms with E-state index in [4.69, 9.17) is 4.74 Å². The van der Waals surface area contributed by atoms with Gasteiger partial charge in [0, 0.05) is 4.47 Å². The van der Waals surface area contributed by atoms with E-state index in [2.05, 4.69) is 15.9 Å². The van der Waals surface area contributed by atoms with Crippen LogP contribution in [0.5, 0.6) is 5.75 Å². The third-order valence-corrected chi connectivity index (χ3v) is 2.85. The van der Waals surface area contributed by atoms with Crippen molar-refractivity contribution < 1.29 is 9.53 Å². The van der Waals surface area contributed by atoms with E-state index in [0.29, 0.717) is 0 Å². The first-order valence-electron chi connectivity index (χ1n) is 4.57. The van der Waals surface area contributed by atoms with Crippen LogP contribution in [0.1, 0.15) is 19.4 Å². The van der Waals surface area contributed by atoms with Gasteiger partial charge in [0.25, 0.3) is 0 Å². The molecule has 0 aliphatic rings. The van der Waals surface area contributed by atoms with Crippen molar-refractivity contribution in [1.82, 2.24) is 0 Å². The third kappa shape index (κ3) is 3.20. The Morgan fingerprint density at radius 1 is 1.40 bits per heavy atom. The first kappa shape index (κ1) is 12.0. The summed E-state index contributed by atoms with van der Waals surface area (Å²) in [5.41, 5.74) is 1.67. The van der Waals surface area contributed by atoms with Crippen LogP contribution in [-0.4, -0.2) is 12.9 Å². The Labute approximate surface area is 98.1 Å². The molecular formula is C12H13BrO2. The van der Waals surface area contributed by atoms with Gasteiger partial charge in [-0.25, -0.2) is 0 Å². The molecule has 1 aromatic rings. The molecule has 0 unspecified atom stereocenters. The molecule has 1 aromatic carbocycles. The highest BCUT2D eigenvalue weighted by Crippen LogP contribution is 2.24. The Morgan fingerprint density at radius 3 is 2.60 bits per heavy atom. The minimum absolute atomic E-state index is 0.0738. The molecule has 0 aromatic heterocycles. The minimum atomic E-state index is 0.0738. The summed E-state index contributed by atoms with van der Waals surface area (Å²) >= 11 is 3.43. The maximum absolute atomic E-state index is 11.1. The summed E-state index contributed by atoms with van der Waals surface area (Å²) in [6.45, 7) is 3.36. The van der Waals surface area contributed by atoms with Gasteiger partial charge >= 0.3 is 0 Å². The second-order valence-electron chi connectivity index (χ2n) is 3.27. The predicted octanol–water partition coefficient (Wildman–Crippen LogP) is 3.45. The molecule has 0 heterocycles.